The molecule has 2 rings (SSSR count). The van der Waals surface area contributed by atoms with Crippen molar-refractivity contribution in [2.24, 2.45) is 0 Å². The first-order valence-corrected chi connectivity index (χ1v) is 6.28. The Morgan fingerprint density at radius 3 is 2.85 bits per heavy atom. The highest BCUT2D eigenvalue weighted by Gasteiger charge is 2.22. The highest BCUT2D eigenvalue weighted by Crippen LogP contribution is 2.09. The van der Waals surface area contributed by atoms with Gasteiger partial charge in [-0.3, -0.25) is 9.69 Å². The van der Waals surface area contributed by atoms with Gasteiger partial charge >= 0.3 is 5.08 Å². The van der Waals surface area contributed by atoms with Crippen molar-refractivity contribution in [2.75, 3.05) is 40.1 Å². The lowest BCUT2D eigenvalue weighted by Crippen LogP contribution is -2.41. The minimum absolute atomic E-state index is 0.148. The molecule has 8 nitrogen and oxygen atoms in total. The molecule has 1 saturated heterocycles. The fourth-order valence-electron chi connectivity index (χ4n) is 1.93. The summed E-state index contributed by atoms with van der Waals surface area (Å²) in [4.78, 5) is 13.7. The largest absolute Gasteiger partial charge is 0.490 e. The lowest BCUT2D eigenvalue weighted by Gasteiger charge is -2.25. The zero-order chi connectivity index (χ0) is 14.4. The molecule has 8 heteroatoms. The van der Waals surface area contributed by atoms with E-state index in [-0.39, 0.29) is 17.7 Å². The van der Waals surface area contributed by atoms with Gasteiger partial charge in [-0.1, -0.05) is 0 Å². The van der Waals surface area contributed by atoms with E-state index in [0.717, 1.165) is 13.1 Å². The number of rotatable bonds is 5. The second kappa shape index (κ2) is 6.88. The third-order valence-corrected chi connectivity index (χ3v) is 3.00. The molecule has 108 valence electrons. The maximum Gasteiger partial charge on any atom is 0.307 e. The molecule has 1 aliphatic rings. The summed E-state index contributed by atoms with van der Waals surface area (Å²) >= 11 is 0. The quantitative estimate of drug-likeness (QED) is 0.574. The van der Waals surface area contributed by atoms with Crippen LogP contribution in [0.2, 0.25) is 0 Å². The first kappa shape index (κ1) is 14.3. The Labute approximate surface area is 116 Å². The normalized spacial score (nSPS) is 15.6. The van der Waals surface area contributed by atoms with E-state index in [2.05, 4.69) is 9.98 Å². The van der Waals surface area contributed by atoms with Crippen molar-refractivity contribution >= 4 is 0 Å². The van der Waals surface area contributed by atoms with Gasteiger partial charge in [-0.25, -0.2) is 0 Å². The van der Waals surface area contributed by atoms with Crippen LogP contribution >= 0.6 is 0 Å². The smallest absolute Gasteiger partial charge is 0.307 e. The van der Waals surface area contributed by atoms with Crippen molar-refractivity contribution in [2.45, 2.75) is 6.54 Å². The highest BCUT2D eigenvalue weighted by molar-refractivity contribution is 5.17. The molecule has 0 amide bonds. The first-order chi connectivity index (χ1) is 9.72. The van der Waals surface area contributed by atoms with E-state index in [1.807, 2.05) is 0 Å². The molecular formula is C12H17N4O4+. The molecule has 0 saturated carbocycles. The molecule has 0 bridgehead atoms. The van der Waals surface area contributed by atoms with E-state index in [0.29, 0.717) is 25.6 Å². The third kappa shape index (κ3) is 3.69. The molecule has 0 spiro atoms. The average molecular weight is 281 g/mol. The van der Waals surface area contributed by atoms with Crippen LogP contribution in [0, 0.1) is 5.39 Å². The van der Waals surface area contributed by atoms with E-state index in [9.17, 15) is 4.79 Å². The van der Waals surface area contributed by atoms with Crippen LogP contribution in [0.1, 0.15) is 5.76 Å². The van der Waals surface area contributed by atoms with Crippen LogP contribution < -0.4 is 10.2 Å². The fourth-order valence-corrected chi connectivity index (χ4v) is 1.93. The molecule has 1 aromatic heterocycles. The minimum atomic E-state index is -0.266. The molecule has 0 aliphatic carbocycles. The average Bonchev–Trinajstić information content (AvgIpc) is 2.48. The summed E-state index contributed by atoms with van der Waals surface area (Å²) in [7, 11) is 1.40. The van der Waals surface area contributed by atoms with E-state index in [4.69, 9.17) is 19.3 Å². The van der Waals surface area contributed by atoms with Gasteiger partial charge in [0, 0.05) is 19.2 Å². The summed E-state index contributed by atoms with van der Waals surface area (Å²) in [6.45, 7) is 3.52. The van der Waals surface area contributed by atoms with Gasteiger partial charge in [-0.05, 0) is 5.01 Å². The predicted molar refractivity (Wildman–Crippen MR) is 69.4 cm³/mol. The molecule has 1 aliphatic heterocycles. The van der Waals surface area contributed by atoms with Crippen molar-refractivity contribution < 1.29 is 13.9 Å². The van der Waals surface area contributed by atoms with Crippen molar-refractivity contribution in [3.05, 3.63) is 33.4 Å². The van der Waals surface area contributed by atoms with Crippen LogP contribution in [0.25, 0.3) is 5.08 Å². The summed E-state index contributed by atoms with van der Waals surface area (Å²) in [5, 5.41) is 13.7. The van der Waals surface area contributed by atoms with Crippen LogP contribution in [-0.2, 0) is 11.3 Å². The van der Waals surface area contributed by atoms with Gasteiger partial charge in [0.05, 0.1) is 20.3 Å². The van der Waals surface area contributed by atoms with Gasteiger partial charge in [-0.15, -0.1) is 0 Å². The first-order valence-electron chi connectivity index (χ1n) is 6.28. The number of nitrogens with zero attached hydrogens (tertiary/aromatic N) is 4. The maximum absolute atomic E-state index is 11.6. The third-order valence-electron chi connectivity index (χ3n) is 3.00. The molecule has 0 atom stereocenters. The predicted octanol–water partition coefficient (Wildman–Crippen LogP) is 0.508. The Morgan fingerprint density at radius 1 is 1.50 bits per heavy atom. The Morgan fingerprint density at radius 2 is 2.25 bits per heavy atom. The van der Waals surface area contributed by atoms with Crippen molar-refractivity contribution in [1.82, 2.24) is 9.91 Å². The van der Waals surface area contributed by atoms with Gasteiger partial charge in [0.1, 0.15) is 18.7 Å². The van der Waals surface area contributed by atoms with Crippen molar-refractivity contribution in [3.8, 4) is 5.75 Å². The molecule has 2 heterocycles. The Kier molecular flexibility index (Phi) is 4.92. The maximum atomic E-state index is 11.6. The summed E-state index contributed by atoms with van der Waals surface area (Å²) < 4.78 is 15.4. The van der Waals surface area contributed by atoms with Crippen molar-refractivity contribution in [3.63, 3.8) is 0 Å². The van der Waals surface area contributed by atoms with Crippen LogP contribution in [-0.4, -0.2) is 50.0 Å². The minimum Gasteiger partial charge on any atom is -0.490 e. The number of hydrogen-bond acceptors (Lipinski definition) is 7. The van der Waals surface area contributed by atoms with Crippen LogP contribution in [0.4, 0.5) is 0 Å². The molecule has 0 radical (unpaired) electrons. The number of hydrogen-bond donors (Lipinski definition) is 0. The standard InChI is InChI=1S/C12H17N4O4/c1-18-12-8-20-10(6-11(12)17)7-16(14-13)9-15-2-4-19-5-3-15/h6,8H,2-5,7,9H2,1H3/q+1. The lowest BCUT2D eigenvalue weighted by atomic mass is 10.3. The SMILES string of the molecule is COc1coc(CN(CN2CCOCC2)[N+]#N)cc1=O. The van der Waals surface area contributed by atoms with Gasteiger partial charge in [0.2, 0.25) is 11.2 Å². The summed E-state index contributed by atoms with van der Waals surface area (Å²) in [5.74, 6) is 0.552. The molecular weight excluding hydrogens is 264 g/mol. The van der Waals surface area contributed by atoms with Crippen LogP contribution in [0.5, 0.6) is 5.75 Å². The van der Waals surface area contributed by atoms with E-state index in [1.165, 1.54) is 24.4 Å². The monoisotopic (exact) mass is 281 g/mol. The summed E-state index contributed by atoms with van der Waals surface area (Å²) in [6.07, 6.45) is 1.25. The van der Waals surface area contributed by atoms with Crippen LogP contribution in [0.3, 0.4) is 0 Å². The Bertz CT molecular complexity index is 533. The van der Waals surface area contributed by atoms with E-state index < -0.39 is 0 Å². The lowest BCUT2D eigenvalue weighted by molar-refractivity contribution is 0.0153. The number of morpholine rings is 1. The molecule has 0 unspecified atom stereocenters. The second-order valence-electron chi connectivity index (χ2n) is 4.40. The van der Waals surface area contributed by atoms with E-state index >= 15 is 0 Å². The Hall–Kier alpha value is -2.11. The molecule has 1 fully saturated rings. The number of methoxy groups -OCH3 is 1. The fraction of sp³-hybridized carbons (Fsp3) is 0.583. The van der Waals surface area contributed by atoms with Gasteiger partial charge in [-0.2, -0.15) is 0 Å². The topological polar surface area (TPSA) is 83.3 Å². The molecule has 0 aromatic carbocycles. The Balaban J connectivity index is 1.97. The van der Waals surface area contributed by atoms with Crippen LogP contribution in [0.15, 0.2) is 21.5 Å². The zero-order valence-electron chi connectivity index (χ0n) is 11.3. The summed E-state index contributed by atoms with van der Waals surface area (Å²) in [6, 6.07) is 1.33. The summed E-state index contributed by atoms with van der Waals surface area (Å²) in [5.41, 5.74) is -0.266. The van der Waals surface area contributed by atoms with Gasteiger partial charge in [0.15, 0.2) is 6.54 Å². The van der Waals surface area contributed by atoms with Crippen molar-refractivity contribution in [1.29, 1.82) is 5.39 Å². The zero-order valence-corrected chi connectivity index (χ0v) is 11.3. The van der Waals surface area contributed by atoms with Gasteiger partial charge < -0.3 is 13.9 Å². The number of ether oxygens (including phenoxy) is 2. The highest BCUT2D eigenvalue weighted by atomic mass is 16.5. The number of diazo groups is 1. The molecule has 1 aromatic rings. The molecule has 0 N–H and O–H groups in total. The van der Waals surface area contributed by atoms with E-state index in [1.54, 1.807) is 0 Å². The van der Waals surface area contributed by atoms with Gasteiger partial charge in [0.25, 0.3) is 5.39 Å². The second-order valence-corrected chi connectivity index (χ2v) is 4.40. The molecule has 20 heavy (non-hydrogen) atoms.